The SMILES string of the molecule is Cc1ccc(-c2nnc3cc(C)ccc3n2)cc1. The molecule has 0 aliphatic carbocycles. The Kier molecular flexibility index (Phi) is 2.52. The lowest BCUT2D eigenvalue weighted by molar-refractivity contribution is 1.03. The Morgan fingerprint density at radius 1 is 0.722 bits per heavy atom. The first-order valence-corrected chi connectivity index (χ1v) is 5.90. The van der Waals surface area contributed by atoms with E-state index >= 15 is 0 Å². The fourth-order valence-corrected chi connectivity index (χ4v) is 1.87. The molecule has 3 nitrogen and oxygen atoms in total. The summed E-state index contributed by atoms with van der Waals surface area (Å²) in [4.78, 5) is 4.54. The van der Waals surface area contributed by atoms with Gasteiger partial charge in [0, 0.05) is 5.56 Å². The average Bonchev–Trinajstić information content (AvgIpc) is 2.39. The summed E-state index contributed by atoms with van der Waals surface area (Å²) < 4.78 is 0. The number of rotatable bonds is 1. The Morgan fingerprint density at radius 3 is 2.22 bits per heavy atom. The van der Waals surface area contributed by atoms with E-state index in [1.54, 1.807) is 0 Å². The molecule has 3 heteroatoms. The molecule has 0 radical (unpaired) electrons. The van der Waals surface area contributed by atoms with Gasteiger partial charge in [0.25, 0.3) is 0 Å². The highest BCUT2D eigenvalue weighted by Crippen LogP contribution is 2.17. The van der Waals surface area contributed by atoms with E-state index in [9.17, 15) is 0 Å². The van der Waals surface area contributed by atoms with Crippen LogP contribution in [0.4, 0.5) is 0 Å². The quantitative estimate of drug-likeness (QED) is 0.649. The van der Waals surface area contributed by atoms with Crippen molar-refractivity contribution in [1.29, 1.82) is 0 Å². The first-order chi connectivity index (χ1) is 8.72. The first-order valence-electron chi connectivity index (χ1n) is 5.90. The van der Waals surface area contributed by atoms with Crippen LogP contribution in [0.5, 0.6) is 0 Å². The Labute approximate surface area is 106 Å². The van der Waals surface area contributed by atoms with Crippen LogP contribution in [-0.2, 0) is 0 Å². The van der Waals surface area contributed by atoms with Crippen LogP contribution in [0.1, 0.15) is 11.1 Å². The van der Waals surface area contributed by atoms with Gasteiger partial charge >= 0.3 is 0 Å². The predicted octanol–water partition coefficient (Wildman–Crippen LogP) is 3.31. The summed E-state index contributed by atoms with van der Waals surface area (Å²) in [5, 5.41) is 8.42. The molecule has 1 aromatic heterocycles. The predicted molar refractivity (Wildman–Crippen MR) is 72.2 cm³/mol. The van der Waals surface area contributed by atoms with Gasteiger partial charge in [0.05, 0.1) is 5.52 Å². The molecule has 0 N–H and O–H groups in total. The van der Waals surface area contributed by atoms with Crippen molar-refractivity contribution in [2.24, 2.45) is 0 Å². The van der Waals surface area contributed by atoms with Crippen molar-refractivity contribution in [3.05, 3.63) is 53.6 Å². The minimum Gasteiger partial charge on any atom is -0.225 e. The van der Waals surface area contributed by atoms with Crippen molar-refractivity contribution >= 4 is 11.0 Å². The molecular formula is C15H13N3. The number of hydrogen-bond donors (Lipinski definition) is 0. The molecule has 88 valence electrons. The van der Waals surface area contributed by atoms with Crippen LogP contribution < -0.4 is 0 Å². The number of benzene rings is 2. The molecule has 0 fully saturated rings. The summed E-state index contributed by atoms with van der Waals surface area (Å²) in [7, 11) is 0. The van der Waals surface area contributed by atoms with Gasteiger partial charge in [-0.2, -0.15) is 0 Å². The van der Waals surface area contributed by atoms with Crippen LogP contribution in [0.25, 0.3) is 22.4 Å². The zero-order chi connectivity index (χ0) is 12.5. The zero-order valence-electron chi connectivity index (χ0n) is 10.4. The minimum atomic E-state index is 0.673. The molecule has 0 unspecified atom stereocenters. The number of fused-ring (bicyclic) bond motifs is 1. The lowest BCUT2D eigenvalue weighted by atomic mass is 10.1. The van der Waals surface area contributed by atoms with E-state index < -0.39 is 0 Å². The number of aryl methyl sites for hydroxylation is 2. The second kappa shape index (κ2) is 4.18. The van der Waals surface area contributed by atoms with E-state index in [1.165, 1.54) is 11.1 Å². The molecule has 0 spiro atoms. The molecule has 3 rings (SSSR count). The zero-order valence-corrected chi connectivity index (χ0v) is 10.4. The summed E-state index contributed by atoms with van der Waals surface area (Å²) in [5.74, 6) is 0.673. The van der Waals surface area contributed by atoms with Crippen LogP contribution in [0, 0.1) is 13.8 Å². The minimum absolute atomic E-state index is 0.673. The van der Waals surface area contributed by atoms with Crippen molar-refractivity contribution in [3.63, 3.8) is 0 Å². The van der Waals surface area contributed by atoms with Gasteiger partial charge in [-0.3, -0.25) is 0 Å². The Hall–Kier alpha value is -2.29. The van der Waals surface area contributed by atoms with Gasteiger partial charge in [-0.15, -0.1) is 10.2 Å². The largest absolute Gasteiger partial charge is 0.225 e. The normalized spacial score (nSPS) is 10.8. The maximum Gasteiger partial charge on any atom is 0.182 e. The van der Waals surface area contributed by atoms with Crippen LogP contribution in [0.2, 0.25) is 0 Å². The van der Waals surface area contributed by atoms with Crippen LogP contribution in [0.15, 0.2) is 42.5 Å². The number of nitrogens with zero attached hydrogens (tertiary/aromatic N) is 3. The summed E-state index contributed by atoms with van der Waals surface area (Å²) in [6, 6.07) is 14.2. The van der Waals surface area contributed by atoms with Gasteiger partial charge in [-0.1, -0.05) is 35.9 Å². The maximum atomic E-state index is 4.54. The van der Waals surface area contributed by atoms with Gasteiger partial charge in [-0.25, -0.2) is 4.98 Å². The lowest BCUT2D eigenvalue weighted by Gasteiger charge is -2.02. The van der Waals surface area contributed by atoms with Gasteiger partial charge in [0.1, 0.15) is 5.52 Å². The average molecular weight is 235 g/mol. The van der Waals surface area contributed by atoms with Crippen LogP contribution in [-0.4, -0.2) is 15.2 Å². The van der Waals surface area contributed by atoms with E-state index in [1.807, 2.05) is 37.3 Å². The van der Waals surface area contributed by atoms with Crippen molar-refractivity contribution < 1.29 is 0 Å². The molecule has 18 heavy (non-hydrogen) atoms. The number of hydrogen-bond acceptors (Lipinski definition) is 3. The van der Waals surface area contributed by atoms with Gasteiger partial charge in [-0.05, 0) is 31.5 Å². The molecule has 0 aliphatic rings. The van der Waals surface area contributed by atoms with E-state index in [2.05, 4.69) is 34.2 Å². The molecule has 3 aromatic rings. The van der Waals surface area contributed by atoms with Gasteiger partial charge in [0.2, 0.25) is 0 Å². The topological polar surface area (TPSA) is 38.7 Å². The van der Waals surface area contributed by atoms with E-state index in [0.717, 1.165) is 16.6 Å². The van der Waals surface area contributed by atoms with Crippen LogP contribution in [0.3, 0.4) is 0 Å². The molecular weight excluding hydrogens is 222 g/mol. The van der Waals surface area contributed by atoms with E-state index in [4.69, 9.17) is 0 Å². The van der Waals surface area contributed by atoms with Crippen molar-refractivity contribution in [3.8, 4) is 11.4 Å². The van der Waals surface area contributed by atoms with Gasteiger partial charge < -0.3 is 0 Å². The summed E-state index contributed by atoms with van der Waals surface area (Å²) in [5.41, 5.74) is 5.11. The lowest BCUT2D eigenvalue weighted by Crippen LogP contribution is -1.94. The van der Waals surface area contributed by atoms with E-state index in [-0.39, 0.29) is 0 Å². The summed E-state index contributed by atoms with van der Waals surface area (Å²) >= 11 is 0. The molecule has 0 saturated carbocycles. The van der Waals surface area contributed by atoms with Gasteiger partial charge in [0.15, 0.2) is 5.82 Å². The second-order valence-electron chi connectivity index (χ2n) is 4.49. The van der Waals surface area contributed by atoms with Crippen molar-refractivity contribution in [2.45, 2.75) is 13.8 Å². The Balaban J connectivity index is 2.13. The van der Waals surface area contributed by atoms with Crippen molar-refractivity contribution in [1.82, 2.24) is 15.2 Å². The highest BCUT2D eigenvalue weighted by Gasteiger charge is 2.04. The molecule has 0 atom stereocenters. The summed E-state index contributed by atoms with van der Waals surface area (Å²) in [6.45, 7) is 4.10. The summed E-state index contributed by atoms with van der Waals surface area (Å²) in [6.07, 6.45) is 0. The molecule has 2 aromatic carbocycles. The number of aromatic nitrogens is 3. The monoisotopic (exact) mass is 235 g/mol. The standard InChI is InChI=1S/C15H13N3/c1-10-3-6-12(7-4-10)15-16-13-8-5-11(2)9-14(13)17-18-15/h3-9H,1-2H3. The third kappa shape index (κ3) is 1.95. The highest BCUT2D eigenvalue weighted by molar-refractivity contribution is 5.76. The third-order valence-electron chi connectivity index (χ3n) is 2.92. The first kappa shape index (κ1) is 10.8. The maximum absolute atomic E-state index is 4.54. The van der Waals surface area contributed by atoms with Crippen LogP contribution >= 0.6 is 0 Å². The Bertz CT molecular complexity index is 703. The molecule has 1 heterocycles. The molecule has 0 amide bonds. The molecule has 0 saturated heterocycles. The van der Waals surface area contributed by atoms with Crippen molar-refractivity contribution in [2.75, 3.05) is 0 Å². The Morgan fingerprint density at radius 2 is 1.44 bits per heavy atom. The van der Waals surface area contributed by atoms with E-state index in [0.29, 0.717) is 5.82 Å². The fraction of sp³-hybridized carbons (Fsp3) is 0.133. The smallest absolute Gasteiger partial charge is 0.182 e. The molecule has 0 aliphatic heterocycles. The molecule has 0 bridgehead atoms. The second-order valence-corrected chi connectivity index (χ2v) is 4.49. The third-order valence-corrected chi connectivity index (χ3v) is 2.92. The highest BCUT2D eigenvalue weighted by atomic mass is 15.1. The fourth-order valence-electron chi connectivity index (χ4n) is 1.87.